The van der Waals surface area contributed by atoms with Crippen molar-refractivity contribution in [1.82, 2.24) is 4.98 Å². The molecule has 1 aromatic rings. The fraction of sp³-hybridized carbons (Fsp3) is 0.500. The lowest BCUT2D eigenvalue weighted by Crippen LogP contribution is -2.33. The molecule has 92 valence electrons. The highest BCUT2D eigenvalue weighted by molar-refractivity contribution is 5.93. The second-order valence-electron chi connectivity index (χ2n) is 4.58. The third-order valence-corrected chi connectivity index (χ3v) is 3.55. The van der Waals surface area contributed by atoms with Crippen molar-refractivity contribution in [2.24, 2.45) is 5.92 Å². The predicted octanol–water partition coefficient (Wildman–Crippen LogP) is 2.19. The van der Waals surface area contributed by atoms with Gasteiger partial charge < -0.3 is 10.0 Å². The van der Waals surface area contributed by atoms with Crippen LogP contribution in [0.15, 0.2) is 18.3 Å². The molecule has 0 aromatic carbocycles. The number of hydrogen-bond donors (Lipinski definition) is 1. The number of fused-ring (bicyclic) bond motifs is 1. The van der Waals surface area contributed by atoms with E-state index in [0.717, 1.165) is 18.9 Å². The highest BCUT2D eigenvalue weighted by Gasteiger charge is 2.45. The van der Waals surface area contributed by atoms with Crippen LogP contribution >= 0.6 is 12.4 Å². The summed E-state index contributed by atoms with van der Waals surface area (Å²) in [4.78, 5) is 17.5. The number of hydrogen-bond acceptors (Lipinski definition) is 3. The number of carboxylic acid groups (broad SMARTS) is 1. The van der Waals surface area contributed by atoms with Crippen LogP contribution in [-0.2, 0) is 0 Å². The molecule has 17 heavy (non-hydrogen) atoms. The van der Waals surface area contributed by atoms with Gasteiger partial charge in [-0.15, -0.1) is 12.4 Å². The molecule has 2 unspecified atom stereocenters. The van der Waals surface area contributed by atoms with Crippen LogP contribution in [0.5, 0.6) is 0 Å². The van der Waals surface area contributed by atoms with Crippen LogP contribution < -0.4 is 4.90 Å². The Morgan fingerprint density at radius 1 is 1.53 bits per heavy atom. The molecule has 2 fully saturated rings. The van der Waals surface area contributed by atoms with Crippen molar-refractivity contribution in [1.29, 1.82) is 0 Å². The highest BCUT2D eigenvalue weighted by atomic mass is 35.5. The van der Waals surface area contributed by atoms with E-state index in [1.54, 1.807) is 18.3 Å². The molecule has 2 aliphatic rings. The minimum atomic E-state index is -0.883. The molecule has 0 bridgehead atoms. The Morgan fingerprint density at radius 2 is 2.35 bits per heavy atom. The van der Waals surface area contributed by atoms with Crippen LogP contribution in [0.25, 0.3) is 0 Å². The maximum atomic E-state index is 11.1. The summed E-state index contributed by atoms with van der Waals surface area (Å²) in [7, 11) is 0. The van der Waals surface area contributed by atoms with E-state index >= 15 is 0 Å². The topological polar surface area (TPSA) is 53.4 Å². The summed E-state index contributed by atoms with van der Waals surface area (Å²) in [6.07, 6.45) is 5.32. The van der Waals surface area contributed by atoms with Crippen LogP contribution in [0.1, 0.15) is 29.6 Å². The number of piperidine rings is 1. The van der Waals surface area contributed by atoms with E-state index in [2.05, 4.69) is 9.88 Å². The molecule has 1 aromatic heterocycles. The van der Waals surface area contributed by atoms with Gasteiger partial charge in [0.1, 0.15) is 11.4 Å². The van der Waals surface area contributed by atoms with E-state index in [1.165, 1.54) is 12.8 Å². The SMILES string of the molecule is Cl.O=C(O)c1cccnc1N1CCCC2CC21. The first-order chi connectivity index (χ1) is 7.77. The van der Waals surface area contributed by atoms with Crippen molar-refractivity contribution in [2.75, 3.05) is 11.4 Å². The third kappa shape index (κ3) is 2.09. The lowest BCUT2D eigenvalue weighted by Gasteiger charge is -2.28. The van der Waals surface area contributed by atoms with E-state index in [-0.39, 0.29) is 12.4 Å². The van der Waals surface area contributed by atoms with Crippen molar-refractivity contribution in [2.45, 2.75) is 25.3 Å². The normalized spacial score (nSPS) is 25.8. The van der Waals surface area contributed by atoms with E-state index in [4.69, 9.17) is 5.11 Å². The average Bonchev–Trinajstić information content (AvgIpc) is 3.07. The molecule has 0 spiro atoms. The van der Waals surface area contributed by atoms with Crippen molar-refractivity contribution < 1.29 is 9.90 Å². The molecule has 3 rings (SSSR count). The molecule has 0 amide bonds. The molecule has 0 radical (unpaired) electrons. The summed E-state index contributed by atoms with van der Waals surface area (Å²) in [5.41, 5.74) is 0.329. The number of carbonyl (C=O) groups is 1. The maximum absolute atomic E-state index is 11.1. The Balaban J connectivity index is 0.00000108. The van der Waals surface area contributed by atoms with Crippen molar-refractivity contribution in [3.05, 3.63) is 23.9 Å². The largest absolute Gasteiger partial charge is 0.478 e. The fourth-order valence-corrected chi connectivity index (χ4v) is 2.67. The zero-order valence-electron chi connectivity index (χ0n) is 9.37. The maximum Gasteiger partial charge on any atom is 0.339 e. The Morgan fingerprint density at radius 3 is 3.12 bits per heavy atom. The van der Waals surface area contributed by atoms with Gasteiger partial charge in [-0.3, -0.25) is 0 Å². The van der Waals surface area contributed by atoms with Crippen LogP contribution in [0, 0.1) is 5.92 Å². The van der Waals surface area contributed by atoms with E-state index < -0.39 is 5.97 Å². The molecule has 2 atom stereocenters. The smallest absolute Gasteiger partial charge is 0.339 e. The van der Waals surface area contributed by atoms with Crippen LogP contribution in [0.3, 0.4) is 0 Å². The highest BCUT2D eigenvalue weighted by Crippen LogP contribution is 2.45. The number of rotatable bonds is 2. The summed E-state index contributed by atoms with van der Waals surface area (Å²) >= 11 is 0. The zero-order chi connectivity index (χ0) is 11.1. The Bertz CT molecular complexity index is 438. The van der Waals surface area contributed by atoms with Gasteiger partial charge in [0.2, 0.25) is 0 Å². The molecule has 1 saturated heterocycles. The molecule has 5 heteroatoms. The number of aromatic carboxylic acids is 1. The molecule has 4 nitrogen and oxygen atoms in total. The molecule has 2 heterocycles. The predicted molar refractivity (Wildman–Crippen MR) is 66.9 cm³/mol. The molecule has 1 aliphatic heterocycles. The van der Waals surface area contributed by atoms with Crippen molar-refractivity contribution in [3.63, 3.8) is 0 Å². The summed E-state index contributed by atoms with van der Waals surface area (Å²) in [6, 6.07) is 3.86. The van der Waals surface area contributed by atoms with E-state index in [0.29, 0.717) is 17.4 Å². The monoisotopic (exact) mass is 254 g/mol. The van der Waals surface area contributed by atoms with Crippen molar-refractivity contribution in [3.8, 4) is 0 Å². The van der Waals surface area contributed by atoms with Crippen LogP contribution in [-0.4, -0.2) is 28.6 Å². The van der Waals surface area contributed by atoms with Gasteiger partial charge in [0.05, 0.1) is 0 Å². The third-order valence-electron chi connectivity index (χ3n) is 3.55. The van der Waals surface area contributed by atoms with Gasteiger partial charge in [0.25, 0.3) is 0 Å². The number of nitrogens with zero attached hydrogens (tertiary/aromatic N) is 2. The van der Waals surface area contributed by atoms with E-state index in [9.17, 15) is 4.79 Å². The Hall–Kier alpha value is -1.29. The zero-order valence-corrected chi connectivity index (χ0v) is 10.2. The van der Waals surface area contributed by atoms with Gasteiger partial charge in [0, 0.05) is 18.8 Å². The molecule has 1 saturated carbocycles. The van der Waals surface area contributed by atoms with Gasteiger partial charge in [-0.2, -0.15) is 0 Å². The number of carboxylic acids is 1. The number of aromatic nitrogens is 1. The minimum Gasteiger partial charge on any atom is -0.478 e. The molecule has 1 N–H and O–H groups in total. The van der Waals surface area contributed by atoms with Gasteiger partial charge in [0.15, 0.2) is 0 Å². The van der Waals surface area contributed by atoms with Crippen LogP contribution in [0.4, 0.5) is 5.82 Å². The molecular formula is C12H15ClN2O2. The number of halogens is 1. The Labute approximate surface area is 106 Å². The molecular weight excluding hydrogens is 240 g/mol. The average molecular weight is 255 g/mol. The second-order valence-corrected chi connectivity index (χ2v) is 4.58. The van der Waals surface area contributed by atoms with Gasteiger partial charge >= 0.3 is 5.97 Å². The summed E-state index contributed by atoms with van der Waals surface area (Å²) in [5.74, 6) is 0.547. The minimum absolute atomic E-state index is 0. The first-order valence-electron chi connectivity index (χ1n) is 5.72. The second kappa shape index (κ2) is 4.53. The first kappa shape index (κ1) is 12.2. The van der Waals surface area contributed by atoms with Crippen molar-refractivity contribution >= 4 is 24.2 Å². The van der Waals surface area contributed by atoms with E-state index in [1.807, 2.05) is 0 Å². The van der Waals surface area contributed by atoms with Gasteiger partial charge in [-0.05, 0) is 37.3 Å². The van der Waals surface area contributed by atoms with Gasteiger partial charge in [-0.1, -0.05) is 0 Å². The molecule has 1 aliphatic carbocycles. The summed E-state index contributed by atoms with van der Waals surface area (Å²) < 4.78 is 0. The first-order valence-corrected chi connectivity index (χ1v) is 5.72. The fourth-order valence-electron chi connectivity index (χ4n) is 2.67. The van der Waals surface area contributed by atoms with Crippen LogP contribution in [0.2, 0.25) is 0 Å². The lowest BCUT2D eigenvalue weighted by atomic mass is 10.1. The lowest BCUT2D eigenvalue weighted by molar-refractivity contribution is 0.0697. The summed E-state index contributed by atoms with van der Waals surface area (Å²) in [6.45, 7) is 0.943. The standard InChI is InChI=1S/C12H14N2O2.ClH/c15-12(16)9-4-1-5-13-11(9)14-6-2-3-8-7-10(8)14;/h1,4-5,8,10H,2-3,6-7H2,(H,15,16);1H. The van der Waals surface area contributed by atoms with Gasteiger partial charge in [-0.25, -0.2) is 9.78 Å². The number of pyridine rings is 1. The quantitative estimate of drug-likeness (QED) is 0.879. The summed E-state index contributed by atoms with van der Waals surface area (Å²) in [5, 5.41) is 9.13. The number of anilines is 1. The Kier molecular flexibility index (Phi) is 3.24.